The minimum absolute atomic E-state index is 0.0609. The average molecular weight is 439 g/mol. The fourth-order valence-corrected chi connectivity index (χ4v) is 4.59. The maximum absolute atomic E-state index is 12.5. The Kier molecular flexibility index (Phi) is 6.75. The zero-order chi connectivity index (χ0) is 21.8. The topological polar surface area (TPSA) is 75.9 Å². The van der Waals surface area contributed by atoms with Gasteiger partial charge in [-0.15, -0.1) is 0 Å². The summed E-state index contributed by atoms with van der Waals surface area (Å²) in [6.07, 6.45) is 5.53. The number of nitrogens with zero attached hydrogens (tertiary/aromatic N) is 5. The Labute approximate surface area is 187 Å². The molecule has 7 nitrogen and oxygen atoms in total. The number of benzene rings is 1. The van der Waals surface area contributed by atoms with E-state index in [9.17, 15) is 4.79 Å². The maximum atomic E-state index is 12.5. The van der Waals surface area contributed by atoms with Crippen molar-refractivity contribution in [2.75, 3.05) is 24.5 Å². The molecule has 31 heavy (non-hydrogen) atoms. The van der Waals surface area contributed by atoms with Crippen LogP contribution in [0.25, 0.3) is 11.0 Å². The molecule has 3 heterocycles. The molecule has 2 aromatic heterocycles. The molecule has 1 N–H and O–H groups in total. The van der Waals surface area contributed by atoms with Crippen molar-refractivity contribution >= 4 is 34.5 Å². The van der Waals surface area contributed by atoms with Crippen LogP contribution >= 0.6 is 11.8 Å². The predicted octanol–water partition coefficient (Wildman–Crippen LogP) is 4.06. The molecule has 1 fully saturated rings. The van der Waals surface area contributed by atoms with Crippen LogP contribution in [0.5, 0.6) is 0 Å². The second-order valence-corrected chi connectivity index (χ2v) is 9.76. The van der Waals surface area contributed by atoms with Crippen molar-refractivity contribution in [3.8, 4) is 0 Å². The van der Waals surface area contributed by atoms with Crippen molar-refractivity contribution in [2.45, 2.75) is 57.0 Å². The van der Waals surface area contributed by atoms with Gasteiger partial charge < -0.3 is 10.2 Å². The molecule has 0 spiro atoms. The number of hydrogen-bond acceptors (Lipinski definition) is 6. The van der Waals surface area contributed by atoms with Crippen molar-refractivity contribution in [1.29, 1.82) is 0 Å². The molecule has 1 saturated heterocycles. The summed E-state index contributed by atoms with van der Waals surface area (Å²) in [7, 11) is 0. The summed E-state index contributed by atoms with van der Waals surface area (Å²) in [5, 5.41) is 9.77. The van der Waals surface area contributed by atoms with Gasteiger partial charge in [0.05, 0.1) is 18.1 Å². The van der Waals surface area contributed by atoms with Gasteiger partial charge in [-0.1, -0.05) is 43.8 Å². The van der Waals surface area contributed by atoms with Crippen LogP contribution in [0.15, 0.2) is 35.6 Å². The number of piperidine rings is 1. The van der Waals surface area contributed by atoms with Crippen molar-refractivity contribution in [2.24, 2.45) is 0 Å². The number of amides is 1. The van der Waals surface area contributed by atoms with Crippen LogP contribution in [0, 0.1) is 6.92 Å². The highest BCUT2D eigenvalue weighted by Gasteiger charge is 2.20. The molecule has 1 aromatic carbocycles. The minimum atomic E-state index is -0.0609. The van der Waals surface area contributed by atoms with E-state index >= 15 is 0 Å². The Balaban J connectivity index is 1.55. The summed E-state index contributed by atoms with van der Waals surface area (Å²) in [5.41, 5.74) is 2.51. The highest BCUT2D eigenvalue weighted by Crippen LogP contribution is 2.30. The normalized spacial score (nSPS) is 14.4. The number of thioether (sulfide) groups is 1. The first-order valence-corrected chi connectivity index (χ1v) is 11.9. The lowest BCUT2D eigenvalue weighted by Crippen LogP contribution is -2.30. The molecule has 0 atom stereocenters. The predicted molar refractivity (Wildman–Crippen MR) is 126 cm³/mol. The Bertz CT molecular complexity index is 1060. The summed E-state index contributed by atoms with van der Waals surface area (Å²) >= 11 is 1.67. The smallest absolute Gasteiger partial charge is 0.251 e. The number of anilines is 1. The van der Waals surface area contributed by atoms with Gasteiger partial charge in [0.2, 0.25) is 0 Å². The molecule has 8 heteroatoms. The van der Waals surface area contributed by atoms with Gasteiger partial charge >= 0.3 is 0 Å². The van der Waals surface area contributed by atoms with Crippen LogP contribution < -0.4 is 10.2 Å². The Morgan fingerprint density at radius 2 is 1.94 bits per heavy atom. The molecule has 0 radical (unpaired) electrons. The highest BCUT2D eigenvalue weighted by molar-refractivity contribution is 7.99. The molecule has 3 aromatic rings. The van der Waals surface area contributed by atoms with E-state index in [-0.39, 0.29) is 5.91 Å². The third-order valence-corrected chi connectivity index (χ3v) is 6.32. The summed E-state index contributed by atoms with van der Waals surface area (Å²) in [6.45, 7) is 9.34. The number of aryl methyl sites for hydroxylation is 1. The van der Waals surface area contributed by atoms with Gasteiger partial charge in [0.1, 0.15) is 5.82 Å². The van der Waals surface area contributed by atoms with Gasteiger partial charge in [-0.3, -0.25) is 4.79 Å². The number of fused-ring (bicyclic) bond motifs is 1. The third kappa shape index (κ3) is 5.01. The van der Waals surface area contributed by atoms with Crippen molar-refractivity contribution < 1.29 is 4.79 Å². The molecule has 1 amide bonds. The van der Waals surface area contributed by atoms with Crippen molar-refractivity contribution in [3.63, 3.8) is 0 Å². The first kappa shape index (κ1) is 21.6. The van der Waals surface area contributed by atoms with Crippen molar-refractivity contribution in [3.05, 3.63) is 41.6 Å². The average Bonchev–Trinajstić information content (AvgIpc) is 3.16. The number of carbonyl (C=O) groups is 1. The Hall–Kier alpha value is -2.61. The molecular weight excluding hydrogens is 408 g/mol. The van der Waals surface area contributed by atoms with Gasteiger partial charge in [0.15, 0.2) is 10.8 Å². The van der Waals surface area contributed by atoms with Crippen molar-refractivity contribution in [1.82, 2.24) is 25.1 Å². The SMILES string of the molecule is Cc1ccccc1C(=O)NCCn1ncc2c(N3CCCCC3)nc(SC(C)C)nc21. The van der Waals surface area contributed by atoms with Gasteiger partial charge in [0, 0.05) is 30.4 Å². The summed E-state index contributed by atoms with van der Waals surface area (Å²) in [6, 6.07) is 7.62. The third-order valence-electron chi connectivity index (χ3n) is 5.45. The monoisotopic (exact) mass is 438 g/mol. The highest BCUT2D eigenvalue weighted by atomic mass is 32.2. The van der Waals surface area contributed by atoms with Gasteiger partial charge in [-0.05, 0) is 37.8 Å². The van der Waals surface area contributed by atoms with E-state index in [0.29, 0.717) is 23.9 Å². The van der Waals surface area contributed by atoms with Crippen LogP contribution in [-0.2, 0) is 6.54 Å². The lowest BCUT2D eigenvalue weighted by atomic mass is 10.1. The largest absolute Gasteiger partial charge is 0.356 e. The maximum Gasteiger partial charge on any atom is 0.251 e. The molecule has 0 aliphatic carbocycles. The molecule has 0 unspecified atom stereocenters. The number of carbonyl (C=O) groups excluding carboxylic acids is 1. The second-order valence-electron chi connectivity index (χ2n) is 8.22. The zero-order valence-electron chi connectivity index (χ0n) is 18.5. The zero-order valence-corrected chi connectivity index (χ0v) is 19.3. The van der Waals surface area contributed by atoms with Crippen LogP contribution in [0.2, 0.25) is 0 Å². The van der Waals surface area contributed by atoms with Gasteiger partial charge in [0.25, 0.3) is 5.91 Å². The first-order chi connectivity index (χ1) is 15.0. The first-order valence-electron chi connectivity index (χ1n) is 11.0. The number of aromatic nitrogens is 4. The van der Waals surface area contributed by atoms with E-state index in [1.807, 2.05) is 42.1 Å². The molecule has 0 bridgehead atoms. The standard InChI is InChI=1S/C23H30N6OS/c1-16(2)31-23-26-20(28-12-7-4-8-13-28)19-15-25-29(21(19)27-23)14-11-24-22(30)18-10-6-5-9-17(18)3/h5-6,9-10,15-16H,4,7-8,11-14H2,1-3H3,(H,24,30). The van der Waals surface area contributed by atoms with Crippen LogP contribution in [-0.4, -0.2) is 50.5 Å². The molecule has 0 saturated carbocycles. The number of rotatable bonds is 7. The molecule has 1 aliphatic heterocycles. The Morgan fingerprint density at radius 1 is 1.16 bits per heavy atom. The number of hydrogen-bond donors (Lipinski definition) is 1. The molecule has 4 rings (SSSR count). The Morgan fingerprint density at radius 3 is 2.68 bits per heavy atom. The van der Waals surface area contributed by atoms with E-state index in [1.165, 1.54) is 19.3 Å². The van der Waals surface area contributed by atoms with E-state index in [0.717, 1.165) is 40.7 Å². The second kappa shape index (κ2) is 9.68. The summed E-state index contributed by atoms with van der Waals surface area (Å²) in [5.74, 6) is 0.928. The van der Waals surface area contributed by atoms with E-state index < -0.39 is 0 Å². The molecular formula is C23H30N6OS. The van der Waals surface area contributed by atoms with Crippen LogP contribution in [0.1, 0.15) is 49.0 Å². The summed E-state index contributed by atoms with van der Waals surface area (Å²) in [4.78, 5) is 24.6. The van der Waals surface area contributed by atoms with Crippen LogP contribution in [0.4, 0.5) is 5.82 Å². The fourth-order valence-electron chi connectivity index (χ4n) is 3.89. The lowest BCUT2D eigenvalue weighted by molar-refractivity contribution is 0.0951. The van der Waals surface area contributed by atoms with E-state index in [4.69, 9.17) is 9.97 Å². The van der Waals surface area contributed by atoms with Gasteiger partial charge in [-0.25, -0.2) is 14.6 Å². The minimum Gasteiger partial charge on any atom is -0.356 e. The van der Waals surface area contributed by atoms with E-state index in [2.05, 4.69) is 29.2 Å². The molecule has 1 aliphatic rings. The quantitative estimate of drug-likeness (QED) is 0.443. The van der Waals surface area contributed by atoms with E-state index in [1.54, 1.807) is 11.8 Å². The fraction of sp³-hybridized carbons (Fsp3) is 0.478. The van der Waals surface area contributed by atoms with Gasteiger partial charge in [-0.2, -0.15) is 5.10 Å². The van der Waals surface area contributed by atoms with Crippen LogP contribution in [0.3, 0.4) is 0 Å². The lowest BCUT2D eigenvalue weighted by Gasteiger charge is -2.28. The number of nitrogens with one attached hydrogen (secondary N) is 1. The molecule has 164 valence electrons. The summed E-state index contributed by atoms with van der Waals surface area (Å²) < 4.78 is 1.88.